The van der Waals surface area contributed by atoms with Gasteiger partial charge in [0.05, 0.1) is 18.4 Å². The number of nitrogens with zero attached hydrogens (tertiary/aromatic N) is 2. The van der Waals surface area contributed by atoms with Crippen LogP contribution in [0.2, 0.25) is 0 Å². The predicted octanol–water partition coefficient (Wildman–Crippen LogP) is 1.36. The number of hydrogen-bond donors (Lipinski definition) is 0. The molecule has 1 amide bonds. The summed E-state index contributed by atoms with van der Waals surface area (Å²) in [6, 6.07) is 7.70. The molecule has 0 atom stereocenters. The highest BCUT2D eigenvalue weighted by Gasteiger charge is 2.13. The molecule has 0 spiro atoms. The Morgan fingerprint density at radius 2 is 2.15 bits per heavy atom. The van der Waals surface area contributed by atoms with Gasteiger partial charge in [0.2, 0.25) is 5.91 Å². The molecule has 0 bridgehead atoms. The largest absolute Gasteiger partial charge is 0.306 e. The van der Waals surface area contributed by atoms with Gasteiger partial charge in [0, 0.05) is 7.05 Å². The molecule has 1 heterocycles. The van der Waals surface area contributed by atoms with Gasteiger partial charge >= 0.3 is 0 Å². The zero-order valence-corrected chi connectivity index (χ0v) is 7.40. The van der Waals surface area contributed by atoms with Crippen molar-refractivity contribution in [3.8, 4) is 0 Å². The van der Waals surface area contributed by atoms with E-state index in [9.17, 15) is 4.79 Å². The summed E-state index contributed by atoms with van der Waals surface area (Å²) in [6.07, 6.45) is 2.00. The van der Waals surface area contributed by atoms with Crippen LogP contribution in [0.25, 0.3) is 0 Å². The topological polar surface area (TPSA) is 32.7 Å². The molecule has 0 unspecified atom stereocenters. The first-order valence-corrected chi connectivity index (χ1v) is 4.15. The SMILES string of the molecule is CN1C=Nc2ccccc2CC1=O. The number of para-hydroxylation sites is 1. The van der Waals surface area contributed by atoms with Crippen molar-refractivity contribution in [3.63, 3.8) is 0 Å². The van der Waals surface area contributed by atoms with Gasteiger partial charge < -0.3 is 4.90 Å². The van der Waals surface area contributed by atoms with E-state index in [4.69, 9.17) is 0 Å². The van der Waals surface area contributed by atoms with Crippen molar-refractivity contribution in [3.05, 3.63) is 29.8 Å². The molecule has 66 valence electrons. The van der Waals surface area contributed by atoms with Crippen molar-refractivity contribution in [2.24, 2.45) is 4.99 Å². The van der Waals surface area contributed by atoms with Gasteiger partial charge in [-0.2, -0.15) is 0 Å². The first-order valence-electron chi connectivity index (χ1n) is 4.15. The Hall–Kier alpha value is -1.64. The maximum atomic E-state index is 11.4. The van der Waals surface area contributed by atoms with Gasteiger partial charge in [-0.05, 0) is 11.6 Å². The molecule has 0 saturated carbocycles. The molecule has 0 N–H and O–H groups in total. The maximum Gasteiger partial charge on any atom is 0.231 e. The molecule has 1 aromatic rings. The molecule has 0 fully saturated rings. The van der Waals surface area contributed by atoms with Crippen LogP contribution in [-0.4, -0.2) is 24.2 Å². The molecule has 0 aromatic heterocycles. The summed E-state index contributed by atoms with van der Waals surface area (Å²) in [5, 5.41) is 0. The molecule has 1 aromatic carbocycles. The number of fused-ring (bicyclic) bond motifs is 1. The van der Waals surface area contributed by atoms with Gasteiger partial charge in [-0.3, -0.25) is 4.79 Å². The minimum atomic E-state index is 0.0775. The Morgan fingerprint density at radius 3 is 3.00 bits per heavy atom. The lowest BCUT2D eigenvalue weighted by molar-refractivity contribution is -0.125. The number of amides is 1. The normalized spacial score (nSPS) is 15.5. The van der Waals surface area contributed by atoms with Crippen LogP contribution in [0.1, 0.15) is 5.56 Å². The second-order valence-corrected chi connectivity index (χ2v) is 3.05. The fourth-order valence-corrected chi connectivity index (χ4v) is 1.29. The van der Waals surface area contributed by atoms with Gasteiger partial charge in [-0.15, -0.1) is 0 Å². The smallest absolute Gasteiger partial charge is 0.231 e. The van der Waals surface area contributed by atoms with Crippen molar-refractivity contribution < 1.29 is 4.79 Å². The van der Waals surface area contributed by atoms with Gasteiger partial charge in [0.1, 0.15) is 0 Å². The number of carbonyl (C=O) groups excluding carboxylic acids is 1. The summed E-state index contributed by atoms with van der Waals surface area (Å²) >= 11 is 0. The van der Waals surface area contributed by atoms with E-state index in [0.29, 0.717) is 6.42 Å². The highest BCUT2D eigenvalue weighted by atomic mass is 16.2. The van der Waals surface area contributed by atoms with E-state index in [1.54, 1.807) is 13.4 Å². The number of benzene rings is 1. The number of hydrogen-bond acceptors (Lipinski definition) is 2. The maximum absolute atomic E-state index is 11.4. The lowest BCUT2D eigenvalue weighted by Crippen LogP contribution is -2.25. The van der Waals surface area contributed by atoms with Crippen LogP contribution in [0.5, 0.6) is 0 Å². The molecule has 3 heteroatoms. The minimum absolute atomic E-state index is 0.0775. The van der Waals surface area contributed by atoms with Crippen LogP contribution in [0.4, 0.5) is 5.69 Å². The number of aliphatic imine (C=N–C) groups is 1. The summed E-state index contributed by atoms with van der Waals surface area (Å²) in [4.78, 5) is 17.1. The van der Waals surface area contributed by atoms with Crippen molar-refractivity contribution >= 4 is 17.9 Å². The van der Waals surface area contributed by atoms with E-state index >= 15 is 0 Å². The quantitative estimate of drug-likeness (QED) is 0.584. The molecular weight excluding hydrogens is 164 g/mol. The van der Waals surface area contributed by atoms with Crippen LogP contribution in [0.3, 0.4) is 0 Å². The molecule has 0 radical (unpaired) electrons. The fourth-order valence-electron chi connectivity index (χ4n) is 1.29. The summed E-state index contributed by atoms with van der Waals surface area (Å²) in [6.45, 7) is 0. The van der Waals surface area contributed by atoms with Crippen molar-refractivity contribution in [2.45, 2.75) is 6.42 Å². The summed E-state index contributed by atoms with van der Waals surface area (Å²) in [7, 11) is 1.72. The second kappa shape index (κ2) is 3.01. The highest BCUT2D eigenvalue weighted by Crippen LogP contribution is 2.21. The fraction of sp³-hybridized carbons (Fsp3) is 0.200. The Bertz CT molecular complexity index is 371. The Morgan fingerprint density at radius 1 is 1.38 bits per heavy atom. The summed E-state index contributed by atoms with van der Waals surface area (Å²) in [5.41, 5.74) is 1.88. The van der Waals surface area contributed by atoms with E-state index < -0.39 is 0 Å². The van der Waals surface area contributed by atoms with Crippen LogP contribution in [0.15, 0.2) is 29.3 Å². The zero-order valence-electron chi connectivity index (χ0n) is 7.40. The second-order valence-electron chi connectivity index (χ2n) is 3.05. The van der Waals surface area contributed by atoms with E-state index in [1.165, 1.54) is 4.90 Å². The Kier molecular flexibility index (Phi) is 1.85. The predicted molar refractivity (Wildman–Crippen MR) is 51.1 cm³/mol. The Labute approximate surface area is 76.7 Å². The van der Waals surface area contributed by atoms with E-state index in [1.807, 2.05) is 24.3 Å². The molecular formula is C10H10N2O. The van der Waals surface area contributed by atoms with Gasteiger partial charge in [-0.25, -0.2) is 4.99 Å². The van der Waals surface area contributed by atoms with Gasteiger partial charge in [0.15, 0.2) is 0 Å². The van der Waals surface area contributed by atoms with Crippen molar-refractivity contribution in [1.82, 2.24) is 4.90 Å². The molecule has 13 heavy (non-hydrogen) atoms. The average Bonchev–Trinajstić information content (AvgIpc) is 2.28. The molecule has 1 aliphatic rings. The summed E-state index contributed by atoms with van der Waals surface area (Å²) in [5.74, 6) is 0.0775. The van der Waals surface area contributed by atoms with E-state index in [-0.39, 0.29) is 5.91 Å². The summed E-state index contributed by atoms with van der Waals surface area (Å²) < 4.78 is 0. The van der Waals surface area contributed by atoms with Gasteiger partial charge in [0.25, 0.3) is 0 Å². The zero-order chi connectivity index (χ0) is 9.26. The first-order chi connectivity index (χ1) is 6.27. The van der Waals surface area contributed by atoms with Crippen LogP contribution in [0, 0.1) is 0 Å². The van der Waals surface area contributed by atoms with Crippen LogP contribution >= 0.6 is 0 Å². The lowest BCUT2D eigenvalue weighted by atomic mass is 10.1. The minimum Gasteiger partial charge on any atom is -0.306 e. The average molecular weight is 174 g/mol. The van der Waals surface area contributed by atoms with Crippen LogP contribution in [-0.2, 0) is 11.2 Å². The van der Waals surface area contributed by atoms with E-state index in [2.05, 4.69) is 4.99 Å². The third-order valence-electron chi connectivity index (χ3n) is 2.10. The third kappa shape index (κ3) is 1.45. The van der Waals surface area contributed by atoms with Crippen molar-refractivity contribution in [2.75, 3.05) is 7.05 Å². The van der Waals surface area contributed by atoms with Gasteiger partial charge in [-0.1, -0.05) is 18.2 Å². The molecule has 3 nitrogen and oxygen atoms in total. The van der Waals surface area contributed by atoms with Crippen LogP contribution < -0.4 is 0 Å². The molecule has 0 aliphatic carbocycles. The standard InChI is InChI=1S/C10H10N2O/c1-12-7-11-9-5-3-2-4-8(9)6-10(12)13/h2-5,7H,6H2,1H3. The number of carbonyl (C=O) groups is 1. The number of likely N-dealkylation sites (N-methyl/N-ethyl adjacent to an activating group) is 1. The molecule has 1 aliphatic heterocycles. The lowest BCUT2D eigenvalue weighted by Gasteiger charge is -2.06. The van der Waals surface area contributed by atoms with E-state index in [0.717, 1.165) is 11.3 Å². The molecule has 0 saturated heterocycles. The third-order valence-corrected chi connectivity index (χ3v) is 2.10. The monoisotopic (exact) mass is 174 g/mol. The Balaban J connectivity index is 2.46. The highest BCUT2D eigenvalue weighted by molar-refractivity contribution is 5.92. The number of rotatable bonds is 0. The first kappa shape index (κ1) is 7.98. The molecule has 2 rings (SSSR count). The van der Waals surface area contributed by atoms with Crippen molar-refractivity contribution in [1.29, 1.82) is 0 Å².